The van der Waals surface area contributed by atoms with Gasteiger partial charge in [-0.05, 0) is 48.3 Å². The topological polar surface area (TPSA) is 55.4 Å². The Morgan fingerprint density at radius 1 is 1.06 bits per heavy atom. The Morgan fingerprint density at radius 3 is 2.28 bits per heavy atom. The molecule has 0 saturated carbocycles. The Balaban J connectivity index is 1.70. The summed E-state index contributed by atoms with van der Waals surface area (Å²) in [6.45, 7) is 4.59. The molecule has 1 aromatic heterocycles. The van der Waals surface area contributed by atoms with Crippen LogP contribution in [0.2, 0.25) is 0 Å². The summed E-state index contributed by atoms with van der Waals surface area (Å²) in [6.07, 6.45) is 3.59. The molecule has 0 spiro atoms. The van der Waals surface area contributed by atoms with E-state index in [1.54, 1.807) is 0 Å². The van der Waals surface area contributed by atoms with Crippen LogP contribution in [0.5, 0.6) is 0 Å². The van der Waals surface area contributed by atoms with Crippen molar-refractivity contribution in [2.75, 3.05) is 11.9 Å². The predicted molar refractivity (Wildman–Crippen MR) is 129 cm³/mol. The van der Waals surface area contributed by atoms with Crippen molar-refractivity contribution in [3.05, 3.63) is 87.8 Å². The minimum Gasteiger partial charge on any atom is -0.462 e. The lowest BCUT2D eigenvalue weighted by atomic mass is 9.88. The molecular weight excluding hydrogens is 418 g/mol. The van der Waals surface area contributed by atoms with Crippen LogP contribution < -0.4 is 5.32 Å². The third-order valence-electron chi connectivity index (χ3n) is 5.92. The van der Waals surface area contributed by atoms with Gasteiger partial charge in [-0.1, -0.05) is 74.5 Å². The van der Waals surface area contributed by atoms with E-state index in [1.807, 2.05) is 67.6 Å². The third kappa shape index (κ3) is 4.78. The maximum absolute atomic E-state index is 13.6. The van der Waals surface area contributed by atoms with Gasteiger partial charge >= 0.3 is 5.97 Å². The summed E-state index contributed by atoms with van der Waals surface area (Å²) in [4.78, 5) is 27.8. The smallest absolute Gasteiger partial charge is 0.341 e. The van der Waals surface area contributed by atoms with Gasteiger partial charge in [-0.25, -0.2) is 4.79 Å². The molecule has 1 amide bonds. The fourth-order valence-electron chi connectivity index (χ4n) is 4.29. The first-order valence-corrected chi connectivity index (χ1v) is 12.1. The van der Waals surface area contributed by atoms with Crippen LogP contribution in [0.25, 0.3) is 0 Å². The fourth-order valence-corrected chi connectivity index (χ4v) is 5.69. The van der Waals surface area contributed by atoms with Gasteiger partial charge < -0.3 is 10.1 Å². The minimum atomic E-state index is -0.463. The Labute approximate surface area is 193 Å². The Hall–Kier alpha value is -2.92. The molecule has 3 aromatic rings. The second-order valence-electron chi connectivity index (χ2n) is 8.44. The van der Waals surface area contributed by atoms with Crippen molar-refractivity contribution in [1.29, 1.82) is 0 Å². The molecule has 1 unspecified atom stereocenters. The lowest BCUT2D eigenvalue weighted by Crippen LogP contribution is -2.23. The molecule has 0 fully saturated rings. The number of benzene rings is 2. The molecule has 1 atom stereocenters. The number of carbonyl (C=O) groups is 2. The normalized spacial score (nSPS) is 15.3. The number of anilines is 1. The summed E-state index contributed by atoms with van der Waals surface area (Å²) in [5, 5.41) is 3.73. The summed E-state index contributed by atoms with van der Waals surface area (Å²) in [5.41, 5.74) is 3.45. The minimum absolute atomic E-state index is 0.140. The van der Waals surface area contributed by atoms with Crippen LogP contribution in [-0.2, 0) is 22.4 Å². The van der Waals surface area contributed by atoms with Crippen LogP contribution in [0.4, 0.5) is 5.00 Å². The molecule has 0 saturated heterocycles. The number of fused-ring (bicyclic) bond motifs is 1. The molecule has 0 aliphatic heterocycles. The zero-order valence-electron chi connectivity index (χ0n) is 18.6. The average molecular weight is 448 g/mol. The maximum Gasteiger partial charge on any atom is 0.341 e. The number of esters is 1. The van der Waals surface area contributed by atoms with E-state index in [0.717, 1.165) is 42.4 Å². The van der Waals surface area contributed by atoms with Crippen molar-refractivity contribution in [3.8, 4) is 0 Å². The first-order chi connectivity index (χ1) is 15.6. The number of thiophene rings is 1. The highest BCUT2D eigenvalue weighted by atomic mass is 32.1. The molecule has 32 heavy (non-hydrogen) atoms. The van der Waals surface area contributed by atoms with Gasteiger partial charge in [0.1, 0.15) is 5.00 Å². The fraction of sp³-hybridized carbons (Fsp3) is 0.333. The van der Waals surface area contributed by atoms with E-state index in [-0.39, 0.29) is 11.9 Å². The SMILES string of the molecule is CCCOC(=O)c1c(NC(=O)C(c2ccccc2)c2ccccc2)sc2c1CCC(C)C2. The van der Waals surface area contributed by atoms with E-state index >= 15 is 0 Å². The van der Waals surface area contributed by atoms with Gasteiger partial charge in [0.25, 0.3) is 0 Å². The predicted octanol–water partition coefficient (Wildman–Crippen LogP) is 6.21. The van der Waals surface area contributed by atoms with E-state index < -0.39 is 5.92 Å². The van der Waals surface area contributed by atoms with Gasteiger partial charge in [0.05, 0.1) is 18.1 Å². The number of rotatable bonds is 7. The van der Waals surface area contributed by atoms with E-state index in [0.29, 0.717) is 23.1 Å². The molecule has 1 aliphatic carbocycles. The van der Waals surface area contributed by atoms with Crippen molar-refractivity contribution in [2.45, 2.75) is 45.4 Å². The standard InChI is InChI=1S/C27H29NO3S/c1-3-16-31-27(30)24-21-15-14-18(2)17-22(21)32-26(24)28-25(29)23(19-10-6-4-7-11-19)20-12-8-5-9-13-20/h4-13,18,23H,3,14-17H2,1-2H3,(H,28,29). The highest BCUT2D eigenvalue weighted by Crippen LogP contribution is 2.41. The van der Waals surface area contributed by atoms with Crippen molar-refractivity contribution in [3.63, 3.8) is 0 Å². The summed E-state index contributed by atoms with van der Waals surface area (Å²) in [7, 11) is 0. The summed E-state index contributed by atoms with van der Waals surface area (Å²) >= 11 is 1.53. The Kier molecular flexibility index (Phi) is 7.05. The van der Waals surface area contributed by atoms with Gasteiger partial charge in [-0.15, -0.1) is 11.3 Å². The Morgan fingerprint density at radius 2 is 1.69 bits per heavy atom. The van der Waals surface area contributed by atoms with E-state index in [1.165, 1.54) is 16.2 Å². The van der Waals surface area contributed by atoms with E-state index in [9.17, 15) is 9.59 Å². The van der Waals surface area contributed by atoms with Crippen molar-refractivity contribution in [2.24, 2.45) is 5.92 Å². The number of ether oxygens (including phenoxy) is 1. The van der Waals surface area contributed by atoms with E-state index in [4.69, 9.17) is 4.74 Å². The van der Waals surface area contributed by atoms with Crippen LogP contribution in [0.3, 0.4) is 0 Å². The van der Waals surface area contributed by atoms with Crippen molar-refractivity contribution in [1.82, 2.24) is 0 Å². The highest BCUT2D eigenvalue weighted by molar-refractivity contribution is 7.17. The maximum atomic E-state index is 13.6. The van der Waals surface area contributed by atoms with Gasteiger partial charge in [-0.3, -0.25) is 4.79 Å². The number of carbonyl (C=O) groups excluding carboxylic acids is 2. The van der Waals surface area contributed by atoms with Crippen molar-refractivity contribution < 1.29 is 14.3 Å². The van der Waals surface area contributed by atoms with Gasteiger partial charge in [-0.2, -0.15) is 0 Å². The molecule has 1 heterocycles. The summed E-state index contributed by atoms with van der Waals surface area (Å²) in [6, 6.07) is 19.5. The lowest BCUT2D eigenvalue weighted by molar-refractivity contribution is -0.116. The Bertz CT molecular complexity index is 1040. The number of nitrogens with one attached hydrogen (secondary N) is 1. The number of hydrogen-bond donors (Lipinski definition) is 1. The van der Waals surface area contributed by atoms with Crippen molar-refractivity contribution >= 4 is 28.2 Å². The monoisotopic (exact) mass is 447 g/mol. The molecular formula is C27H29NO3S. The molecule has 4 nitrogen and oxygen atoms in total. The molecule has 0 bridgehead atoms. The quantitative estimate of drug-likeness (QED) is 0.438. The number of hydrogen-bond acceptors (Lipinski definition) is 4. The summed E-state index contributed by atoms with van der Waals surface area (Å²) in [5.74, 6) is -0.357. The number of amides is 1. The van der Waals surface area contributed by atoms with Crippen LogP contribution in [0, 0.1) is 5.92 Å². The molecule has 4 rings (SSSR count). The molecule has 1 N–H and O–H groups in total. The largest absolute Gasteiger partial charge is 0.462 e. The summed E-state index contributed by atoms with van der Waals surface area (Å²) < 4.78 is 5.50. The van der Waals surface area contributed by atoms with Crippen LogP contribution in [0.15, 0.2) is 60.7 Å². The second kappa shape index (κ2) is 10.1. The molecule has 0 radical (unpaired) electrons. The molecule has 2 aromatic carbocycles. The molecule has 5 heteroatoms. The second-order valence-corrected chi connectivity index (χ2v) is 9.54. The lowest BCUT2D eigenvalue weighted by Gasteiger charge is -2.19. The van der Waals surface area contributed by atoms with Gasteiger partial charge in [0, 0.05) is 4.88 Å². The highest BCUT2D eigenvalue weighted by Gasteiger charge is 2.31. The molecule has 1 aliphatic rings. The van der Waals surface area contributed by atoms with E-state index in [2.05, 4.69) is 12.2 Å². The first-order valence-electron chi connectivity index (χ1n) is 11.3. The van der Waals surface area contributed by atoms with Crippen LogP contribution >= 0.6 is 11.3 Å². The zero-order valence-corrected chi connectivity index (χ0v) is 19.4. The van der Waals surface area contributed by atoms with Crippen LogP contribution in [-0.4, -0.2) is 18.5 Å². The third-order valence-corrected chi connectivity index (χ3v) is 7.09. The van der Waals surface area contributed by atoms with Gasteiger partial charge in [0.15, 0.2) is 0 Å². The van der Waals surface area contributed by atoms with Crippen LogP contribution in [0.1, 0.15) is 64.5 Å². The first kappa shape index (κ1) is 22.3. The average Bonchev–Trinajstić information content (AvgIpc) is 3.15. The zero-order chi connectivity index (χ0) is 22.5. The molecule has 166 valence electrons. The van der Waals surface area contributed by atoms with Gasteiger partial charge in [0.2, 0.25) is 5.91 Å².